The lowest BCUT2D eigenvalue weighted by atomic mass is 10.1. The average Bonchev–Trinajstić information content (AvgIpc) is 3.26. The standard InChI is InChI=1S/C17H17N5O3S/c23-16-6-3-7-21(16)12-8-18-22(11-12)13-9-20(10-13)17-14-4-1-2-5-15(14)26(24,25)19-17/h1-2,4-5,8,11,13H,3,6-7,9-10H2. The number of anilines is 1. The first-order valence-electron chi connectivity index (χ1n) is 8.57. The third-order valence-corrected chi connectivity index (χ3v) is 6.45. The summed E-state index contributed by atoms with van der Waals surface area (Å²) >= 11 is 0. The number of carbonyl (C=O) groups is 1. The van der Waals surface area contributed by atoms with Gasteiger partial charge in [0.1, 0.15) is 4.90 Å². The molecule has 5 rings (SSSR count). The Morgan fingerprint density at radius 3 is 2.73 bits per heavy atom. The molecule has 0 saturated carbocycles. The van der Waals surface area contributed by atoms with Crippen molar-refractivity contribution in [2.45, 2.75) is 23.8 Å². The Morgan fingerprint density at radius 2 is 1.96 bits per heavy atom. The van der Waals surface area contributed by atoms with Gasteiger partial charge in [-0.05, 0) is 18.6 Å². The minimum atomic E-state index is -3.59. The van der Waals surface area contributed by atoms with E-state index in [0.29, 0.717) is 30.9 Å². The lowest BCUT2D eigenvalue weighted by Gasteiger charge is -2.40. The highest BCUT2D eigenvalue weighted by Crippen LogP contribution is 2.32. The van der Waals surface area contributed by atoms with Crippen LogP contribution in [0.25, 0.3) is 0 Å². The molecule has 8 nitrogen and oxygen atoms in total. The normalized spacial score (nSPS) is 21.7. The van der Waals surface area contributed by atoms with Gasteiger partial charge in [0.2, 0.25) is 5.91 Å². The van der Waals surface area contributed by atoms with Gasteiger partial charge in [-0.2, -0.15) is 13.5 Å². The number of likely N-dealkylation sites (tertiary alicyclic amines) is 1. The largest absolute Gasteiger partial charge is 0.351 e. The molecule has 2 fully saturated rings. The second-order valence-corrected chi connectivity index (χ2v) is 8.34. The van der Waals surface area contributed by atoms with Crippen LogP contribution in [0.1, 0.15) is 24.4 Å². The van der Waals surface area contributed by atoms with E-state index in [1.54, 1.807) is 29.3 Å². The first-order chi connectivity index (χ1) is 12.5. The zero-order chi connectivity index (χ0) is 17.9. The van der Waals surface area contributed by atoms with Crippen molar-refractivity contribution in [2.75, 3.05) is 24.5 Å². The van der Waals surface area contributed by atoms with Gasteiger partial charge < -0.3 is 9.80 Å². The Labute approximate surface area is 150 Å². The minimum absolute atomic E-state index is 0.139. The molecule has 3 aliphatic rings. The molecule has 1 aromatic carbocycles. The predicted octanol–water partition coefficient (Wildman–Crippen LogP) is 1.02. The molecule has 0 spiro atoms. The summed E-state index contributed by atoms with van der Waals surface area (Å²) in [6, 6.07) is 7.04. The number of hydrogen-bond donors (Lipinski definition) is 0. The van der Waals surface area contributed by atoms with Gasteiger partial charge in [0.05, 0.1) is 17.9 Å². The van der Waals surface area contributed by atoms with E-state index < -0.39 is 10.0 Å². The maximum absolute atomic E-state index is 12.2. The van der Waals surface area contributed by atoms with Crippen LogP contribution >= 0.6 is 0 Å². The number of carbonyl (C=O) groups excluding carboxylic acids is 1. The Hall–Kier alpha value is -2.68. The average molecular weight is 371 g/mol. The number of nitrogens with zero attached hydrogens (tertiary/aromatic N) is 5. The van der Waals surface area contributed by atoms with Crippen molar-refractivity contribution in [2.24, 2.45) is 4.40 Å². The first-order valence-corrected chi connectivity index (χ1v) is 10.0. The predicted molar refractivity (Wildman–Crippen MR) is 94.6 cm³/mol. The van der Waals surface area contributed by atoms with E-state index in [-0.39, 0.29) is 16.8 Å². The highest BCUT2D eigenvalue weighted by Gasteiger charge is 2.38. The van der Waals surface area contributed by atoms with E-state index in [0.717, 1.165) is 18.7 Å². The molecule has 0 N–H and O–H groups in total. The molecule has 3 aliphatic heterocycles. The summed E-state index contributed by atoms with van der Waals surface area (Å²) in [4.78, 5) is 15.8. The highest BCUT2D eigenvalue weighted by molar-refractivity contribution is 7.90. The van der Waals surface area contributed by atoms with Crippen molar-refractivity contribution in [3.63, 3.8) is 0 Å². The summed E-state index contributed by atoms with van der Waals surface area (Å²) in [6.45, 7) is 2.02. The molecule has 0 bridgehead atoms. The highest BCUT2D eigenvalue weighted by atomic mass is 32.2. The van der Waals surface area contributed by atoms with E-state index in [1.165, 1.54) is 0 Å². The number of fused-ring (bicyclic) bond motifs is 1. The van der Waals surface area contributed by atoms with Crippen molar-refractivity contribution >= 4 is 27.5 Å². The summed E-state index contributed by atoms with van der Waals surface area (Å²) < 4.78 is 30.1. The molecule has 2 saturated heterocycles. The topological polar surface area (TPSA) is 87.9 Å². The molecule has 0 unspecified atom stereocenters. The van der Waals surface area contributed by atoms with Gasteiger partial charge in [0, 0.05) is 37.8 Å². The fourth-order valence-corrected chi connectivity index (χ4v) is 4.93. The van der Waals surface area contributed by atoms with Crippen molar-refractivity contribution in [1.82, 2.24) is 14.7 Å². The van der Waals surface area contributed by atoms with Crippen LogP contribution < -0.4 is 4.90 Å². The number of rotatable bonds is 2. The smallest absolute Gasteiger partial charge is 0.285 e. The number of amidine groups is 1. The number of aromatic nitrogens is 2. The lowest BCUT2D eigenvalue weighted by Crippen LogP contribution is -2.50. The van der Waals surface area contributed by atoms with Crippen LogP contribution in [0.3, 0.4) is 0 Å². The van der Waals surface area contributed by atoms with Gasteiger partial charge in [-0.1, -0.05) is 12.1 Å². The van der Waals surface area contributed by atoms with Gasteiger partial charge in [0.25, 0.3) is 10.0 Å². The summed E-state index contributed by atoms with van der Waals surface area (Å²) in [5.41, 5.74) is 1.49. The zero-order valence-corrected chi connectivity index (χ0v) is 14.8. The maximum atomic E-state index is 12.2. The fraction of sp³-hybridized carbons (Fsp3) is 0.353. The van der Waals surface area contributed by atoms with E-state index >= 15 is 0 Å². The quantitative estimate of drug-likeness (QED) is 0.786. The lowest BCUT2D eigenvalue weighted by molar-refractivity contribution is -0.117. The maximum Gasteiger partial charge on any atom is 0.285 e. The van der Waals surface area contributed by atoms with Crippen molar-refractivity contribution < 1.29 is 13.2 Å². The summed E-state index contributed by atoms with van der Waals surface area (Å²) in [5, 5.41) is 4.39. The Balaban J connectivity index is 1.33. The van der Waals surface area contributed by atoms with Gasteiger partial charge in [-0.25, -0.2) is 0 Å². The monoisotopic (exact) mass is 371 g/mol. The number of amides is 1. The van der Waals surface area contributed by atoms with Gasteiger partial charge in [-0.15, -0.1) is 4.40 Å². The van der Waals surface area contributed by atoms with E-state index in [4.69, 9.17) is 0 Å². The molecule has 0 atom stereocenters. The van der Waals surface area contributed by atoms with Crippen LogP contribution in [0.5, 0.6) is 0 Å². The number of sulfonamides is 1. The first kappa shape index (κ1) is 15.6. The Kier molecular flexibility index (Phi) is 3.24. The third kappa shape index (κ3) is 2.27. The molecular formula is C17H17N5O3S. The SMILES string of the molecule is O=C1CCCN1c1cnn(C2CN(C3=NS(=O)(=O)c4ccccc43)C2)c1. The van der Waals surface area contributed by atoms with Crippen LogP contribution in [0.4, 0.5) is 5.69 Å². The number of benzene rings is 1. The van der Waals surface area contributed by atoms with Crippen molar-refractivity contribution in [3.8, 4) is 0 Å². The van der Waals surface area contributed by atoms with Crippen molar-refractivity contribution in [1.29, 1.82) is 0 Å². The van der Waals surface area contributed by atoms with Gasteiger partial charge in [0.15, 0.2) is 5.84 Å². The molecule has 134 valence electrons. The molecule has 26 heavy (non-hydrogen) atoms. The van der Waals surface area contributed by atoms with Crippen LogP contribution in [-0.4, -0.2) is 54.5 Å². The molecule has 9 heteroatoms. The molecule has 1 aromatic heterocycles. The van der Waals surface area contributed by atoms with E-state index in [2.05, 4.69) is 9.50 Å². The van der Waals surface area contributed by atoms with Crippen LogP contribution in [0.15, 0.2) is 46.0 Å². The summed E-state index contributed by atoms with van der Waals surface area (Å²) in [6.07, 6.45) is 5.09. The molecule has 1 amide bonds. The zero-order valence-electron chi connectivity index (χ0n) is 13.9. The van der Waals surface area contributed by atoms with Gasteiger partial charge >= 0.3 is 0 Å². The second-order valence-electron chi connectivity index (χ2n) is 6.77. The summed E-state index contributed by atoms with van der Waals surface area (Å²) in [5.74, 6) is 0.654. The van der Waals surface area contributed by atoms with E-state index in [9.17, 15) is 13.2 Å². The van der Waals surface area contributed by atoms with Crippen LogP contribution in [-0.2, 0) is 14.8 Å². The van der Waals surface area contributed by atoms with E-state index in [1.807, 2.05) is 21.8 Å². The molecule has 0 radical (unpaired) electrons. The molecule has 0 aliphatic carbocycles. The molecule has 4 heterocycles. The number of hydrogen-bond acceptors (Lipinski definition) is 5. The fourth-order valence-electron chi connectivity index (χ4n) is 3.70. The Morgan fingerprint density at radius 1 is 1.15 bits per heavy atom. The van der Waals surface area contributed by atoms with Crippen LogP contribution in [0.2, 0.25) is 0 Å². The third-order valence-electron chi connectivity index (χ3n) is 5.12. The summed E-state index contributed by atoms with van der Waals surface area (Å²) in [7, 11) is -3.59. The molecular weight excluding hydrogens is 354 g/mol. The molecule has 2 aromatic rings. The minimum Gasteiger partial charge on any atom is -0.351 e. The van der Waals surface area contributed by atoms with Crippen molar-refractivity contribution in [3.05, 3.63) is 42.2 Å². The Bertz CT molecular complexity index is 1040. The second kappa shape index (κ2) is 5.41. The van der Waals surface area contributed by atoms with Gasteiger partial charge in [-0.3, -0.25) is 9.48 Å². The van der Waals surface area contributed by atoms with Crippen LogP contribution in [0, 0.1) is 0 Å².